The van der Waals surface area contributed by atoms with Crippen molar-refractivity contribution in [2.24, 2.45) is 23.7 Å². The summed E-state index contributed by atoms with van der Waals surface area (Å²) in [6.45, 7) is 1.88. The largest absolute Gasteiger partial charge is 0.481 e. The molecule has 30 heavy (non-hydrogen) atoms. The zero-order valence-electron chi connectivity index (χ0n) is 16.3. The number of carboxylic acid groups (broad SMARTS) is 1. The lowest BCUT2D eigenvalue weighted by Crippen LogP contribution is -2.36. The number of hydrogen-bond donors (Lipinski definition) is 3. The smallest absolute Gasteiger partial charge is 0.307 e. The minimum atomic E-state index is -3.71. The van der Waals surface area contributed by atoms with Crippen LogP contribution in [0.1, 0.15) is 12.0 Å². The molecule has 2 aromatic carbocycles. The average molecular weight is 426 g/mol. The Morgan fingerprint density at radius 1 is 0.900 bits per heavy atom. The Morgan fingerprint density at radius 3 is 2.07 bits per heavy atom. The molecule has 1 amide bonds. The summed E-state index contributed by atoms with van der Waals surface area (Å²) in [5, 5.41) is 12.3. The molecular formula is C22H22N2O5S. The van der Waals surface area contributed by atoms with Gasteiger partial charge in [-0.05, 0) is 61.6 Å². The van der Waals surface area contributed by atoms with Crippen molar-refractivity contribution in [2.75, 3.05) is 10.0 Å². The van der Waals surface area contributed by atoms with Crippen LogP contribution in [-0.2, 0) is 19.6 Å². The number of carbonyl (C=O) groups excluding carboxylic acids is 1. The summed E-state index contributed by atoms with van der Waals surface area (Å²) in [6.07, 6.45) is 4.51. The molecule has 3 N–H and O–H groups in total. The second-order valence-electron chi connectivity index (χ2n) is 7.82. The Morgan fingerprint density at radius 2 is 1.47 bits per heavy atom. The molecule has 0 radical (unpaired) electrons. The molecule has 2 aliphatic rings. The van der Waals surface area contributed by atoms with Crippen LogP contribution >= 0.6 is 0 Å². The van der Waals surface area contributed by atoms with Crippen LogP contribution in [0.5, 0.6) is 0 Å². The van der Waals surface area contributed by atoms with Crippen molar-refractivity contribution in [3.63, 3.8) is 0 Å². The van der Waals surface area contributed by atoms with Crippen molar-refractivity contribution in [1.29, 1.82) is 0 Å². The molecular weight excluding hydrogens is 404 g/mol. The number of hydrogen-bond acceptors (Lipinski definition) is 4. The quantitative estimate of drug-likeness (QED) is 0.614. The number of aryl methyl sites for hydroxylation is 1. The normalized spacial score (nSPS) is 24.6. The van der Waals surface area contributed by atoms with E-state index in [2.05, 4.69) is 10.0 Å². The maximum absolute atomic E-state index is 12.7. The molecule has 0 spiro atoms. The van der Waals surface area contributed by atoms with E-state index in [0.29, 0.717) is 17.8 Å². The van der Waals surface area contributed by atoms with Crippen LogP contribution < -0.4 is 10.0 Å². The highest BCUT2D eigenvalue weighted by Gasteiger charge is 2.51. The van der Waals surface area contributed by atoms with Gasteiger partial charge in [0.1, 0.15) is 0 Å². The Labute approximate surface area is 174 Å². The van der Waals surface area contributed by atoms with Crippen LogP contribution in [0, 0.1) is 30.6 Å². The summed E-state index contributed by atoms with van der Waals surface area (Å²) >= 11 is 0. The van der Waals surface area contributed by atoms with Gasteiger partial charge in [-0.25, -0.2) is 8.42 Å². The Balaban J connectivity index is 1.44. The maximum atomic E-state index is 12.7. The lowest BCUT2D eigenvalue weighted by atomic mass is 9.82. The van der Waals surface area contributed by atoms with Gasteiger partial charge in [-0.15, -0.1) is 0 Å². The lowest BCUT2D eigenvalue weighted by Gasteiger charge is -2.23. The van der Waals surface area contributed by atoms with Gasteiger partial charge < -0.3 is 10.4 Å². The highest BCUT2D eigenvalue weighted by Crippen LogP contribution is 2.48. The number of nitrogens with one attached hydrogen (secondary N) is 2. The minimum Gasteiger partial charge on any atom is -0.481 e. The molecule has 2 bridgehead atoms. The molecule has 7 nitrogen and oxygen atoms in total. The van der Waals surface area contributed by atoms with E-state index in [0.717, 1.165) is 5.56 Å². The first-order valence-corrected chi connectivity index (χ1v) is 11.1. The standard InChI is InChI=1S/C22H22N2O5S/c1-13-2-10-18(11-3-13)30(28,29)24-17-8-6-16(7-9-17)23-21(25)19-14-4-5-15(12-14)20(19)22(26)27/h2-11,14-15,19-20,24H,12H2,1H3,(H,23,25)(H,26,27)/t14-,15+,19+,20+/m1/s1. The third-order valence-electron chi connectivity index (χ3n) is 5.78. The molecule has 0 heterocycles. The van der Waals surface area contributed by atoms with Gasteiger partial charge in [-0.1, -0.05) is 29.8 Å². The molecule has 1 saturated carbocycles. The third-order valence-corrected chi connectivity index (χ3v) is 7.18. The second kappa shape index (κ2) is 7.60. The van der Waals surface area contributed by atoms with Crippen LogP contribution in [0.25, 0.3) is 0 Å². The number of allylic oxidation sites excluding steroid dienone is 2. The number of carboxylic acids is 1. The van der Waals surface area contributed by atoms with Crippen molar-refractivity contribution < 1.29 is 23.1 Å². The molecule has 0 aromatic heterocycles. The van der Waals surface area contributed by atoms with Gasteiger partial charge in [-0.2, -0.15) is 0 Å². The van der Waals surface area contributed by atoms with E-state index in [9.17, 15) is 23.1 Å². The fourth-order valence-electron chi connectivity index (χ4n) is 4.30. The first-order chi connectivity index (χ1) is 14.2. The molecule has 0 saturated heterocycles. The molecule has 4 rings (SSSR count). The molecule has 2 aromatic rings. The van der Waals surface area contributed by atoms with Crippen LogP contribution in [0.15, 0.2) is 65.6 Å². The van der Waals surface area contributed by atoms with E-state index >= 15 is 0 Å². The van der Waals surface area contributed by atoms with Crippen molar-refractivity contribution in [2.45, 2.75) is 18.2 Å². The topological polar surface area (TPSA) is 113 Å². The summed E-state index contributed by atoms with van der Waals surface area (Å²) in [7, 11) is -3.71. The van der Waals surface area contributed by atoms with Crippen molar-refractivity contribution in [3.8, 4) is 0 Å². The van der Waals surface area contributed by atoms with Crippen LogP contribution in [-0.4, -0.2) is 25.4 Å². The van der Waals surface area contributed by atoms with Crippen LogP contribution in [0.3, 0.4) is 0 Å². The van der Waals surface area contributed by atoms with Crippen molar-refractivity contribution >= 4 is 33.3 Å². The summed E-state index contributed by atoms with van der Waals surface area (Å²) in [6, 6.07) is 12.8. The van der Waals surface area contributed by atoms with E-state index in [1.165, 1.54) is 12.1 Å². The fraction of sp³-hybridized carbons (Fsp3) is 0.273. The molecule has 2 aliphatic carbocycles. The summed E-state index contributed by atoms with van der Waals surface area (Å²) in [5.41, 5.74) is 1.80. The molecule has 4 atom stereocenters. The van der Waals surface area contributed by atoms with Crippen molar-refractivity contribution in [1.82, 2.24) is 0 Å². The summed E-state index contributed by atoms with van der Waals surface area (Å²) in [5.74, 6) is -2.74. The number of fused-ring (bicyclic) bond motifs is 2. The highest BCUT2D eigenvalue weighted by molar-refractivity contribution is 7.92. The Bertz CT molecular complexity index is 1110. The Hall–Kier alpha value is -3.13. The predicted octanol–water partition coefficient (Wildman–Crippen LogP) is 3.26. The third kappa shape index (κ3) is 3.82. The SMILES string of the molecule is Cc1ccc(S(=O)(=O)Nc2ccc(NC(=O)[C@@H]3[C@@H](C(=O)O)[C@H]4C=C[C@@H]3C4)cc2)cc1. The number of benzene rings is 2. The summed E-state index contributed by atoms with van der Waals surface area (Å²) in [4.78, 5) is 24.5. The van der Waals surface area contributed by atoms with Gasteiger partial charge in [0.05, 0.1) is 16.7 Å². The second-order valence-corrected chi connectivity index (χ2v) is 9.51. The van der Waals surface area contributed by atoms with Gasteiger partial charge in [-0.3, -0.25) is 14.3 Å². The number of amides is 1. The van der Waals surface area contributed by atoms with Gasteiger partial charge in [0.25, 0.3) is 10.0 Å². The molecule has 1 fully saturated rings. The zero-order valence-corrected chi connectivity index (χ0v) is 17.1. The highest BCUT2D eigenvalue weighted by atomic mass is 32.2. The summed E-state index contributed by atoms with van der Waals surface area (Å²) < 4.78 is 27.5. The van der Waals surface area contributed by atoms with Gasteiger partial charge >= 0.3 is 5.97 Å². The molecule has 0 unspecified atom stereocenters. The number of sulfonamides is 1. The van der Waals surface area contributed by atoms with Gasteiger partial charge in [0, 0.05) is 11.4 Å². The van der Waals surface area contributed by atoms with E-state index < -0.39 is 27.8 Å². The lowest BCUT2D eigenvalue weighted by molar-refractivity contribution is -0.146. The Kier molecular flexibility index (Phi) is 5.11. The molecule has 156 valence electrons. The van der Waals surface area contributed by atoms with Crippen LogP contribution in [0.4, 0.5) is 11.4 Å². The molecule has 8 heteroatoms. The van der Waals surface area contributed by atoms with E-state index in [1.807, 2.05) is 19.1 Å². The fourth-order valence-corrected chi connectivity index (χ4v) is 5.35. The maximum Gasteiger partial charge on any atom is 0.307 e. The number of aliphatic carboxylic acids is 1. The van der Waals surface area contributed by atoms with Crippen molar-refractivity contribution in [3.05, 3.63) is 66.2 Å². The van der Waals surface area contributed by atoms with E-state index in [1.54, 1.807) is 36.4 Å². The average Bonchev–Trinajstić information content (AvgIpc) is 3.31. The monoisotopic (exact) mass is 426 g/mol. The zero-order chi connectivity index (χ0) is 21.5. The minimum absolute atomic E-state index is 0.0586. The molecule has 0 aliphatic heterocycles. The van der Waals surface area contributed by atoms with Gasteiger partial charge in [0.2, 0.25) is 5.91 Å². The number of carbonyl (C=O) groups is 2. The first-order valence-electron chi connectivity index (χ1n) is 9.66. The van der Waals surface area contributed by atoms with E-state index in [4.69, 9.17) is 0 Å². The van der Waals surface area contributed by atoms with E-state index in [-0.39, 0.29) is 22.6 Å². The number of anilines is 2. The number of rotatable bonds is 6. The van der Waals surface area contributed by atoms with Gasteiger partial charge in [0.15, 0.2) is 0 Å². The first kappa shape index (κ1) is 20.2. The predicted molar refractivity (Wildman–Crippen MR) is 112 cm³/mol. The van der Waals surface area contributed by atoms with Crippen LogP contribution in [0.2, 0.25) is 0 Å².